The van der Waals surface area contributed by atoms with Gasteiger partial charge in [0.1, 0.15) is 5.69 Å². The molecule has 94 valence electrons. The Morgan fingerprint density at radius 1 is 1.33 bits per heavy atom. The van der Waals surface area contributed by atoms with E-state index in [0.717, 1.165) is 30.0 Å². The van der Waals surface area contributed by atoms with E-state index >= 15 is 0 Å². The number of thiazole rings is 1. The third-order valence-electron chi connectivity index (χ3n) is 3.44. The highest BCUT2D eigenvalue weighted by Gasteiger charge is 2.25. The molecule has 18 heavy (non-hydrogen) atoms. The van der Waals surface area contributed by atoms with Gasteiger partial charge in [-0.3, -0.25) is 4.79 Å². The first-order valence-corrected chi connectivity index (χ1v) is 7.08. The zero-order valence-corrected chi connectivity index (χ0v) is 10.8. The van der Waals surface area contributed by atoms with Gasteiger partial charge in [0, 0.05) is 17.5 Å². The van der Waals surface area contributed by atoms with Gasteiger partial charge in [-0.2, -0.15) is 4.68 Å². The summed E-state index contributed by atoms with van der Waals surface area (Å²) in [5.74, 6) is 0.387. The van der Waals surface area contributed by atoms with Crippen molar-refractivity contribution in [3.63, 3.8) is 0 Å². The number of aldehydes is 1. The summed E-state index contributed by atoms with van der Waals surface area (Å²) in [6, 6.07) is 0. The predicted molar refractivity (Wildman–Crippen MR) is 68.2 cm³/mol. The second-order valence-corrected chi connectivity index (χ2v) is 5.41. The van der Waals surface area contributed by atoms with Crippen molar-refractivity contribution in [3.05, 3.63) is 23.0 Å². The molecule has 0 radical (unpaired) electrons. The van der Waals surface area contributed by atoms with E-state index in [1.165, 1.54) is 30.6 Å². The Morgan fingerprint density at radius 2 is 2.17 bits per heavy atom. The number of hydrogen-bond donors (Lipinski definition) is 0. The lowest BCUT2D eigenvalue weighted by atomic mass is 9.86. The zero-order valence-electron chi connectivity index (χ0n) is 9.95. The van der Waals surface area contributed by atoms with Crippen molar-refractivity contribution >= 4 is 17.6 Å². The zero-order chi connectivity index (χ0) is 12.4. The maximum absolute atomic E-state index is 11.1. The quantitative estimate of drug-likeness (QED) is 0.798. The Morgan fingerprint density at radius 3 is 2.83 bits per heavy atom. The van der Waals surface area contributed by atoms with Crippen LogP contribution in [0.4, 0.5) is 0 Å². The van der Waals surface area contributed by atoms with Crippen molar-refractivity contribution in [2.45, 2.75) is 38.0 Å². The molecule has 6 heteroatoms. The number of nitrogens with zero attached hydrogens (tertiary/aromatic N) is 4. The van der Waals surface area contributed by atoms with Gasteiger partial charge in [-0.1, -0.05) is 24.5 Å². The largest absolute Gasteiger partial charge is 0.296 e. The molecule has 2 aromatic heterocycles. The number of carbonyl (C=O) groups excluding carboxylic acids is 1. The fourth-order valence-corrected chi connectivity index (χ4v) is 3.20. The molecule has 0 amide bonds. The van der Waals surface area contributed by atoms with Crippen LogP contribution in [0, 0.1) is 0 Å². The molecule has 2 aromatic rings. The van der Waals surface area contributed by atoms with E-state index in [-0.39, 0.29) is 0 Å². The third-order valence-corrected chi connectivity index (χ3v) is 4.18. The highest BCUT2D eigenvalue weighted by molar-refractivity contribution is 7.12. The molecule has 1 saturated carbocycles. The van der Waals surface area contributed by atoms with Gasteiger partial charge in [0.25, 0.3) is 0 Å². The van der Waals surface area contributed by atoms with Crippen LogP contribution < -0.4 is 0 Å². The van der Waals surface area contributed by atoms with Crippen molar-refractivity contribution in [1.29, 1.82) is 0 Å². The summed E-state index contributed by atoms with van der Waals surface area (Å²) < 4.78 is 1.74. The molecule has 0 aliphatic heterocycles. The molecule has 2 heterocycles. The van der Waals surface area contributed by atoms with E-state index in [1.807, 2.05) is 5.38 Å². The van der Waals surface area contributed by atoms with Gasteiger partial charge in [-0.15, -0.1) is 16.4 Å². The highest BCUT2D eigenvalue weighted by atomic mass is 32.1. The normalized spacial score (nSPS) is 16.9. The summed E-state index contributed by atoms with van der Waals surface area (Å²) in [6.45, 7) is 0. The van der Waals surface area contributed by atoms with E-state index in [1.54, 1.807) is 10.9 Å². The molecule has 3 rings (SSSR count). The predicted octanol–water partition coefficient (Wildman–Crippen LogP) is 2.58. The van der Waals surface area contributed by atoms with Crippen LogP contribution in [0.3, 0.4) is 0 Å². The molecule has 5 nitrogen and oxygen atoms in total. The van der Waals surface area contributed by atoms with E-state index in [4.69, 9.17) is 0 Å². The number of aromatic nitrogens is 4. The smallest absolute Gasteiger partial charge is 0.211 e. The first kappa shape index (κ1) is 11.5. The summed E-state index contributed by atoms with van der Waals surface area (Å²) in [4.78, 5) is 15.4. The average molecular weight is 262 g/mol. The van der Waals surface area contributed by atoms with Gasteiger partial charge in [0.05, 0.1) is 5.69 Å². The molecule has 0 N–H and O–H groups in total. The molecule has 0 spiro atoms. The van der Waals surface area contributed by atoms with Gasteiger partial charge in [0.15, 0.2) is 6.29 Å². The summed E-state index contributed by atoms with van der Waals surface area (Å²) in [7, 11) is 0. The summed E-state index contributed by atoms with van der Waals surface area (Å²) in [6.07, 6.45) is 8.48. The fourth-order valence-electron chi connectivity index (χ4n) is 2.60. The second kappa shape index (κ2) is 4.97. The minimum absolute atomic E-state index is 0.387. The van der Waals surface area contributed by atoms with Gasteiger partial charge >= 0.3 is 0 Å². The first-order chi connectivity index (χ1) is 8.90. The van der Waals surface area contributed by atoms with Gasteiger partial charge in [0.2, 0.25) is 5.13 Å². The van der Waals surface area contributed by atoms with E-state index in [2.05, 4.69) is 15.3 Å². The van der Waals surface area contributed by atoms with Crippen LogP contribution >= 0.6 is 11.3 Å². The molecular weight excluding hydrogens is 248 g/mol. The minimum Gasteiger partial charge on any atom is -0.296 e. The molecular formula is C12H14N4OS. The Labute approximate surface area is 109 Å². The standard InChI is InChI=1S/C12H14N4OS/c17-8-10-11(9-4-2-1-3-5-9)16(15-14-10)12-13-6-7-18-12/h6-9H,1-5H2. The highest BCUT2D eigenvalue weighted by Crippen LogP contribution is 2.34. The minimum atomic E-state index is 0.387. The van der Waals surface area contributed by atoms with Crippen molar-refractivity contribution < 1.29 is 4.79 Å². The number of hydrogen-bond acceptors (Lipinski definition) is 5. The van der Waals surface area contributed by atoms with E-state index in [0.29, 0.717) is 11.6 Å². The lowest BCUT2D eigenvalue weighted by Gasteiger charge is -2.21. The SMILES string of the molecule is O=Cc1nnn(-c2nccs2)c1C1CCCCC1. The van der Waals surface area contributed by atoms with Crippen molar-refractivity contribution in [2.24, 2.45) is 0 Å². The number of carbonyl (C=O) groups is 1. The Kier molecular flexibility index (Phi) is 3.19. The molecule has 0 atom stereocenters. The maximum atomic E-state index is 11.1. The van der Waals surface area contributed by atoms with Crippen LogP contribution in [0.1, 0.15) is 54.2 Å². The second-order valence-electron chi connectivity index (χ2n) is 4.54. The fraction of sp³-hybridized carbons (Fsp3) is 0.500. The van der Waals surface area contributed by atoms with Crippen molar-refractivity contribution in [1.82, 2.24) is 20.0 Å². The lowest BCUT2D eigenvalue weighted by molar-refractivity contribution is 0.111. The molecule has 1 fully saturated rings. The summed E-state index contributed by atoms with van der Waals surface area (Å²) in [5, 5.41) is 10.8. The molecule has 0 unspecified atom stereocenters. The molecule has 0 bridgehead atoms. The Bertz CT molecular complexity index is 528. The van der Waals surface area contributed by atoms with Crippen LogP contribution in [0.25, 0.3) is 5.13 Å². The Balaban J connectivity index is 2.04. The molecule has 1 aliphatic carbocycles. The third kappa shape index (κ3) is 1.96. The van der Waals surface area contributed by atoms with E-state index in [9.17, 15) is 4.79 Å². The molecule has 0 aromatic carbocycles. The Hall–Kier alpha value is -1.56. The van der Waals surface area contributed by atoms with Crippen molar-refractivity contribution in [3.8, 4) is 5.13 Å². The first-order valence-electron chi connectivity index (χ1n) is 6.21. The monoisotopic (exact) mass is 262 g/mol. The lowest BCUT2D eigenvalue weighted by Crippen LogP contribution is -2.12. The van der Waals surface area contributed by atoms with Gasteiger partial charge in [-0.25, -0.2) is 4.98 Å². The molecule has 1 aliphatic rings. The maximum Gasteiger partial charge on any atom is 0.211 e. The van der Waals surface area contributed by atoms with Gasteiger partial charge in [-0.05, 0) is 12.8 Å². The van der Waals surface area contributed by atoms with E-state index < -0.39 is 0 Å². The van der Waals surface area contributed by atoms with Crippen LogP contribution in [0.5, 0.6) is 0 Å². The summed E-state index contributed by atoms with van der Waals surface area (Å²) >= 11 is 1.51. The average Bonchev–Trinajstić information content (AvgIpc) is 3.08. The van der Waals surface area contributed by atoms with Crippen LogP contribution in [0.2, 0.25) is 0 Å². The van der Waals surface area contributed by atoms with Crippen LogP contribution in [-0.4, -0.2) is 26.3 Å². The van der Waals surface area contributed by atoms with Gasteiger partial charge < -0.3 is 0 Å². The van der Waals surface area contributed by atoms with Crippen LogP contribution in [-0.2, 0) is 0 Å². The number of rotatable bonds is 3. The summed E-state index contributed by atoms with van der Waals surface area (Å²) in [5.41, 5.74) is 1.41. The topological polar surface area (TPSA) is 60.7 Å². The molecule has 0 saturated heterocycles. The van der Waals surface area contributed by atoms with Crippen molar-refractivity contribution in [2.75, 3.05) is 0 Å². The van der Waals surface area contributed by atoms with Crippen LogP contribution in [0.15, 0.2) is 11.6 Å².